The summed E-state index contributed by atoms with van der Waals surface area (Å²) in [6.07, 6.45) is 3.38. The van der Waals surface area contributed by atoms with Gasteiger partial charge in [-0.1, -0.05) is 50.6 Å². The first-order valence-corrected chi connectivity index (χ1v) is 5.47. The topological polar surface area (TPSA) is 12.4 Å². The highest BCUT2D eigenvalue weighted by Crippen LogP contribution is 2.06. The molecule has 1 rings (SSSR count). The molecule has 0 saturated heterocycles. The van der Waals surface area contributed by atoms with E-state index in [0.717, 1.165) is 25.8 Å². The molecule has 0 heterocycles. The van der Waals surface area contributed by atoms with Crippen LogP contribution in [0, 0.1) is 0 Å². The van der Waals surface area contributed by atoms with Gasteiger partial charge in [-0.15, -0.1) is 0 Å². The third kappa shape index (κ3) is 3.33. The molecule has 14 heavy (non-hydrogen) atoms. The van der Waals surface area contributed by atoms with Gasteiger partial charge >= 0.3 is 0 Å². The van der Waals surface area contributed by atoms with Gasteiger partial charge in [0.05, 0.1) is 0 Å². The van der Waals surface area contributed by atoms with Crippen LogP contribution in [-0.2, 0) is 0 Å². The first-order valence-electron chi connectivity index (χ1n) is 5.47. The maximum atomic E-state index is 4.62. The van der Waals surface area contributed by atoms with Crippen LogP contribution in [0.5, 0.6) is 0 Å². The van der Waals surface area contributed by atoms with Gasteiger partial charge in [-0.3, -0.25) is 4.99 Å². The minimum Gasteiger partial charge on any atom is -0.289 e. The van der Waals surface area contributed by atoms with Gasteiger partial charge in [-0.2, -0.15) is 0 Å². The van der Waals surface area contributed by atoms with Crippen molar-refractivity contribution in [3.8, 4) is 0 Å². The monoisotopic (exact) mass is 189 g/mol. The van der Waals surface area contributed by atoms with E-state index < -0.39 is 0 Å². The highest BCUT2D eigenvalue weighted by Gasteiger charge is 2.00. The van der Waals surface area contributed by atoms with Crippen molar-refractivity contribution in [3.63, 3.8) is 0 Å². The van der Waals surface area contributed by atoms with Crippen LogP contribution in [-0.4, -0.2) is 12.3 Å². The Kier molecular flexibility index (Phi) is 4.98. The lowest BCUT2D eigenvalue weighted by molar-refractivity contribution is 0.911. The fourth-order valence-corrected chi connectivity index (χ4v) is 1.43. The molecule has 0 fully saturated rings. The van der Waals surface area contributed by atoms with E-state index in [1.165, 1.54) is 11.3 Å². The molecule has 1 nitrogen and oxygen atoms in total. The van der Waals surface area contributed by atoms with Crippen LogP contribution >= 0.6 is 0 Å². The predicted octanol–water partition coefficient (Wildman–Crippen LogP) is 3.69. The van der Waals surface area contributed by atoms with E-state index in [1.54, 1.807) is 0 Å². The highest BCUT2D eigenvalue weighted by atomic mass is 14.7. The second-order valence-electron chi connectivity index (χ2n) is 3.44. The van der Waals surface area contributed by atoms with Crippen molar-refractivity contribution in [2.45, 2.75) is 33.1 Å². The second-order valence-corrected chi connectivity index (χ2v) is 3.44. The van der Waals surface area contributed by atoms with E-state index in [4.69, 9.17) is 0 Å². The van der Waals surface area contributed by atoms with E-state index in [-0.39, 0.29) is 0 Å². The summed E-state index contributed by atoms with van der Waals surface area (Å²) in [7, 11) is 0. The van der Waals surface area contributed by atoms with Crippen LogP contribution in [0.15, 0.2) is 35.3 Å². The van der Waals surface area contributed by atoms with Gasteiger partial charge in [-0.25, -0.2) is 0 Å². The quantitative estimate of drug-likeness (QED) is 0.626. The fraction of sp³-hybridized carbons (Fsp3) is 0.462. The molecule has 0 radical (unpaired) electrons. The summed E-state index contributed by atoms with van der Waals surface area (Å²) in [4.78, 5) is 4.62. The molecule has 1 aromatic carbocycles. The van der Waals surface area contributed by atoms with Gasteiger partial charge in [0.25, 0.3) is 0 Å². The summed E-state index contributed by atoms with van der Waals surface area (Å²) >= 11 is 0. The summed E-state index contributed by atoms with van der Waals surface area (Å²) in [5.74, 6) is 0. The second kappa shape index (κ2) is 6.36. The molecule has 0 atom stereocenters. The van der Waals surface area contributed by atoms with Crippen molar-refractivity contribution < 1.29 is 0 Å². The summed E-state index contributed by atoms with van der Waals surface area (Å²) < 4.78 is 0. The molecule has 0 spiro atoms. The molecular formula is C13H19N. The van der Waals surface area contributed by atoms with E-state index in [9.17, 15) is 0 Å². The number of hydrogen-bond donors (Lipinski definition) is 0. The zero-order valence-corrected chi connectivity index (χ0v) is 9.16. The SMILES string of the molecule is CCCN=C(CCC)c1ccccc1. The predicted molar refractivity (Wildman–Crippen MR) is 63.0 cm³/mol. The minimum absolute atomic E-state index is 0.949. The Morgan fingerprint density at radius 3 is 2.36 bits per heavy atom. The van der Waals surface area contributed by atoms with E-state index in [2.05, 4.69) is 43.1 Å². The van der Waals surface area contributed by atoms with Crippen molar-refractivity contribution in [1.82, 2.24) is 0 Å². The molecule has 76 valence electrons. The zero-order valence-electron chi connectivity index (χ0n) is 9.16. The molecule has 0 bridgehead atoms. The Hall–Kier alpha value is -1.11. The van der Waals surface area contributed by atoms with Crippen LogP contribution in [0.2, 0.25) is 0 Å². The Balaban J connectivity index is 2.77. The van der Waals surface area contributed by atoms with Crippen LogP contribution in [0.3, 0.4) is 0 Å². The molecule has 0 aromatic heterocycles. The fourth-order valence-electron chi connectivity index (χ4n) is 1.43. The smallest absolute Gasteiger partial charge is 0.0420 e. The highest BCUT2D eigenvalue weighted by molar-refractivity contribution is 6.00. The number of hydrogen-bond acceptors (Lipinski definition) is 1. The molecule has 1 heteroatoms. The lowest BCUT2D eigenvalue weighted by atomic mass is 10.1. The normalized spacial score (nSPS) is 11.7. The average molecular weight is 189 g/mol. The molecule has 0 amide bonds. The van der Waals surface area contributed by atoms with Crippen molar-refractivity contribution >= 4 is 5.71 Å². The van der Waals surface area contributed by atoms with Gasteiger partial charge in [0.15, 0.2) is 0 Å². The van der Waals surface area contributed by atoms with E-state index >= 15 is 0 Å². The van der Waals surface area contributed by atoms with Crippen LogP contribution in [0.1, 0.15) is 38.7 Å². The lowest BCUT2D eigenvalue weighted by Gasteiger charge is -2.04. The van der Waals surface area contributed by atoms with E-state index in [1.807, 2.05) is 6.07 Å². The molecule has 0 saturated carbocycles. The summed E-state index contributed by atoms with van der Waals surface area (Å²) in [6.45, 7) is 5.31. The Morgan fingerprint density at radius 2 is 1.79 bits per heavy atom. The molecule has 0 aliphatic rings. The van der Waals surface area contributed by atoms with Crippen molar-refractivity contribution in [3.05, 3.63) is 35.9 Å². The summed E-state index contributed by atoms with van der Waals surface area (Å²) in [5.41, 5.74) is 2.54. The average Bonchev–Trinajstić information content (AvgIpc) is 2.25. The van der Waals surface area contributed by atoms with Gasteiger partial charge in [-0.05, 0) is 18.4 Å². The molecule has 1 aromatic rings. The molecular weight excluding hydrogens is 170 g/mol. The van der Waals surface area contributed by atoms with Crippen molar-refractivity contribution in [2.24, 2.45) is 4.99 Å². The third-order valence-electron chi connectivity index (χ3n) is 2.12. The summed E-state index contributed by atoms with van der Waals surface area (Å²) in [5, 5.41) is 0. The van der Waals surface area contributed by atoms with Gasteiger partial charge < -0.3 is 0 Å². The van der Waals surface area contributed by atoms with Crippen molar-refractivity contribution in [1.29, 1.82) is 0 Å². The summed E-state index contributed by atoms with van der Waals surface area (Å²) in [6, 6.07) is 10.5. The Bertz CT molecular complexity index is 275. The first kappa shape index (κ1) is 11.0. The molecule has 0 aliphatic heterocycles. The lowest BCUT2D eigenvalue weighted by Crippen LogP contribution is -2.01. The Morgan fingerprint density at radius 1 is 1.07 bits per heavy atom. The van der Waals surface area contributed by atoms with Crippen LogP contribution in [0.4, 0.5) is 0 Å². The van der Waals surface area contributed by atoms with Crippen LogP contribution in [0.25, 0.3) is 0 Å². The number of benzene rings is 1. The van der Waals surface area contributed by atoms with Gasteiger partial charge in [0.1, 0.15) is 0 Å². The third-order valence-corrected chi connectivity index (χ3v) is 2.12. The van der Waals surface area contributed by atoms with Crippen LogP contribution < -0.4 is 0 Å². The molecule has 0 aliphatic carbocycles. The first-order chi connectivity index (χ1) is 6.88. The van der Waals surface area contributed by atoms with Gasteiger partial charge in [0, 0.05) is 12.3 Å². The largest absolute Gasteiger partial charge is 0.289 e. The molecule has 0 unspecified atom stereocenters. The van der Waals surface area contributed by atoms with Gasteiger partial charge in [0.2, 0.25) is 0 Å². The standard InChI is InChI=1S/C13H19N/c1-3-8-13(14-11-4-2)12-9-6-5-7-10-12/h5-7,9-10H,3-4,8,11H2,1-2H3. The molecule has 0 N–H and O–H groups in total. The zero-order chi connectivity index (χ0) is 10.2. The minimum atomic E-state index is 0.949. The number of rotatable bonds is 5. The Labute approximate surface area is 86.9 Å². The maximum absolute atomic E-state index is 4.62. The maximum Gasteiger partial charge on any atom is 0.0420 e. The van der Waals surface area contributed by atoms with Crippen molar-refractivity contribution in [2.75, 3.05) is 6.54 Å². The van der Waals surface area contributed by atoms with E-state index in [0.29, 0.717) is 0 Å². The number of aliphatic imine (C=N–C) groups is 1. The number of nitrogens with zero attached hydrogens (tertiary/aromatic N) is 1.